The zero-order chi connectivity index (χ0) is 22.1. The first-order valence-corrected chi connectivity index (χ1v) is 12.3. The molecule has 0 radical (unpaired) electrons. The summed E-state index contributed by atoms with van der Waals surface area (Å²) in [5.41, 5.74) is 2.45. The standard InChI is InChI=1S/C27H29N3OS/c1-3-22-18-23-26(32-22)28-25(30(27(23)31)21-14-16-29(2)17-15-21)24(19-10-6-4-7-11-19)20-12-8-5-9-13-20/h4-13,18,21,24H,3,14-17H2,1-2H3. The Morgan fingerprint density at radius 3 is 2.16 bits per heavy atom. The van der Waals surface area contributed by atoms with E-state index in [1.807, 2.05) is 16.7 Å². The molecule has 0 saturated carbocycles. The van der Waals surface area contributed by atoms with Crippen molar-refractivity contribution in [2.45, 2.75) is 38.1 Å². The van der Waals surface area contributed by atoms with Crippen LogP contribution >= 0.6 is 11.3 Å². The van der Waals surface area contributed by atoms with E-state index in [4.69, 9.17) is 4.98 Å². The van der Waals surface area contributed by atoms with Crippen LogP contribution in [0.15, 0.2) is 71.5 Å². The van der Waals surface area contributed by atoms with Gasteiger partial charge < -0.3 is 4.90 Å². The zero-order valence-corrected chi connectivity index (χ0v) is 19.5. The third kappa shape index (κ3) is 3.91. The summed E-state index contributed by atoms with van der Waals surface area (Å²) >= 11 is 1.66. The molecule has 2 aromatic heterocycles. The molecule has 4 nitrogen and oxygen atoms in total. The summed E-state index contributed by atoms with van der Waals surface area (Å²) in [4.78, 5) is 23.6. The van der Waals surface area contributed by atoms with Gasteiger partial charge in [-0.1, -0.05) is 67.6 Å². The monoisotopic (exact) mass is 443 g/mol. The molecule has 1 aliphatic heterocycles. The van der Waals surface area contributed by atoms with Gasteiger partial charge >= 0.3 is 0 Å². The second-order valence-electron chi connectivity index (χ2n) is 8.72. The highest BCUT2D eigenvalue weighted by molar-refractivity contribution is 7.18. The van der Waals surface area contributed by atoms with Gasteiger partial charge in [-0.25, -0.2) is 4.98 Å². The van der Waals surface area contributed by atoms with E-state index in [9.17, 15) is 4.79 Å². The Morgan fingerprint density at radius 1 is 1.00 bits per heavy atom. The minimum absolute atomic E-state index is 0.0821. The van der Waals surface area contributed by atoms with Crippen LogP contribution < -0.4 is 5.56 Å². The maximum atomic E-state index is 13.9. The molecular weight excluding hydrogens is 414 g/mol. The van der Waals surface area contributed by atoms with Crippen molar-refractivity contribution in [3.63, 3.8) is 0 Å². The normalized spacial score (nSPS) is 15.6. The molecule has 0 unspecified atom stereocenters. The Bertz CT molecular complexity index is 1220. The van der Waals surface area contributed by atoms with E-state index >= 15 is 0 Å². The summed E-state index contributed by atoms with van der Waals surface area (Å²) in [5, 5.41) is 0.773. The number of benzene rings is 2. The number of aryl methyl sites for hydroxylation is 1. The number of nitrogens with zero attached hydrogens (tertiary/aromatic N) is 3. The van der Waals surface area contributed by atoms with Gasteiger partial charge in [-0.3, -0.25) is 9.36 Å². The Hall–Kier alpha value is -2.76. The lowest BCUT2D eigenvalue weighted by molar-refractivity contribution is 0.215. The van der Waals surface area contributed by atoms with Gasteiger partial charge in [0.15, 0.2) is 0 Å². The molecule has 5 heteroatoms. The van der Waals surface area contributed by atoms with Gasteiger partial charge in [-0.2, -0.15) is 0 Å². The number of piperidine rings is 1. The number of rotatable bonds is 5. The number of hydrogen-bond acceptors (Lipinski definition) is 4. The van der Waals surface area contributed by atoms with E-state index < -0.39 is 0 Å². The van der Waals surface area contributed by atoms with E-state index in [0.29, 0.717) is 0 Å². The second kappa shape index (κ2) is 9.00. The number of likely N-dealkylation sites (tertiary alicyclic amines) is 1. The van der Waals surface area contributed by atoms with Crippen LogP contribution in [0.3, 0.4) is 0 Å². The first-order valence-electron chi connectivity index (χ1n) is 11.5. The molecule has 0 bridgehead atoms. The molecule has 3 heterocycles. The van der Waals surface area contributed by atoms with Crippen molar-refractivity contribution in [1.29, 1.82) is 0 Å². The topological polar surface area (TPSA) is 38.1 Å². The molecule has 0 N–H and O–H groups in total. The van der Waals surface area contributed by atoms with E-state index in [1.165, 1.54) is 16.0 Å². The molecule has 2 aromatic carbocycles. The molecule has 0 aliphatic carbocycles. The lowest BCUT2D eigenvalue weighted by atomic mass is 9.89. The summed E-state index contributed by atoms with van der Waals surface area (Å²) in [6, 6.07) is 23.2. The van der Waals surface area contributed by atoms with Crippen molar-refractivity contribution in [3.8, 4) is 0 Å². The molecule has 0 atom stereocenters. The maximum Gasteiger partial charge on any atom is 0.262 e. The molecule has 1 saturated heterocycles. The fourth-order valence-corrected chi connectivity index (χ4v) is 5.79. The minimum Gasteiger partial charge on any atom is -0.306 e. The molecule has 164 valence electrons. The molecule has 4 aromatic rings. The number of fused-ring (bicyclic) bond motifs is 1. The van der Waals surface area contributed by atoms with E-state index in [1.54, 1.807) is 11.3 Å². The van der Waals surface area contributed by atoms with Crippen molar-refractivity contribution in [1.82, 2.24) is 14.5 Å². The molecule has 1 aliphatic rings. The van der Waals surface area contributed by atoms with Gasteiger partial charge in [0, 0.05) is 10.9 Å². The third-order valence-electron chi connectivity index (χ3n) is 6.60. The molecule has 0 amide bonds. The van der Waals surface area contributed by atoms with Crippen LogP contribution in [0.5, 0.6) is 0 Å². The van der Waals surface area contributed by atoms with Crippen LogP contribution in [0.4, 0.5) is 0 Å². The Kier molecular flexibility index (Phi) is 5.94. The van der Waals surface area contributed by atoms with E-state index in [-0.39, 0.29) is 17.5 Å². The van der Waals surface area contributed by atoms with Crippen molar-refractivity contribution in [3.05, 3.63) is 98.9 Å². The lowest BCUT2D eigenvalue weighted by Crippen LogP contribution is -2.38. The van der Waals surface area contributed by atoms with Crippen molar-refractivity contribution >= 4 is 21.6 Å². The Balaban J connectivity index is 1.78. The van der Waals surface area contributed by atoms with Crippen LogP contribution in [0.25, 0.3) is 10.2 Å². The summed E-state index contributed by atoms with van der Waals surface area (Å²) in [7, 11) is 2.16. The second-order valence-corrected chi connectivity index (χ2v) is 9.83. The third-order valence-corrected chi connectivity index (χ3v) is 7.77. The maximum absolute atomic E-state index is 13.9. The average Bonchev–Trinajstić information content (AvgIpc) is 3.26. The first-order chi connectivity index (χ1) is 15.7. The highest BCUT2D eigenvalue weighted by Crippen LogP contribution is 2.35. The van der Waals surface area contributed by atoms with Crippen molar-refractivity contribution < 1.29 is 0 Å². The predicted octanol–water partition coefficient (Wildman–Crippen LogP) is 5.47. The van der Waals surface area contributed by atoms with Crippen molar-refractivity contribution in [2.75, 3.05) is 20.1 Å². The molecule has 5 rings (SSSR count). The van der Waals surface area contributed by atoms with E-state index in [0.717, 1.165) is 48.4 Å². The number of hydrogen-bond donors (Lipinski definition) is 0. The van der Waals surface area contributed by atoms with Crippen LogP contribution in [-0.2, 0) is 6.42 Å². The lowest BCUT2D eigenvalue weighted by Gasteiger charge is -2.33. The molecule has 1 fully saturated rings. The van der Waals surface area contributed by atoms with E-state index in [2.05, 4.69) is 73.5 Å². The van der Waals surface area contributed by atoms with Gasteiger partial charge in [-0.15, -0.1) is 11.3 Å². The molecule has 0 spiro atoms. The van der Waals surface area contributed by atoms with Gasteiger partial charge in [-0.05, 0) is 56.6 Å². The largest absolute Gasteiger partial charge is 0.306 e. The van der Waals surface area contributed by atoms with Gasteiger partial charge in [0.05, 0.1) is 11.3 Å². The quantitative estimate of drug-likeness (QED) is 0.411. The van der Waals surface area contributed by atoms with Crippen LogP contribution in [0.1, 0.15) is 53.6 Å². The van der Waals surface area contributed by atoms with Gasteiger partial charge in [0.25, 0.3) is 5.56 Å². The summed E-state index contributed by atoms with van der Waals surface area (Å²) in [6.45, 7) is 4.14. The van der Waals surface area contributed by atoms with Crippen LogP contribution in [0.2, 0.25) is 0 Å². The van der Waals surface area contributed by atoms with Gasteiger partial charge in [0.1, 0.15) is 10.7 Å². The molecule has 32 heavy (non-hydrogen) atoms. The van der Waals surface area contributed by atoms with Crippen LogP contribution in [-0.4, -0.2) is 34.6 Å². The molecular formula is C27H29N3OS. The van der Waals surface area contributed by atoms with Crippen molar-refractivity contribution in [2.24, 2.45) is 0 Å². The zero-order valence-electron chi connectivity index (χ0n) is 18.7. The highest BCUT2D eigenvalue weighted by Gasteiger charge is 2.29. The van der Waals surface area contributed by atoms with Crippen LogP contribution in [0, 0.1) is 0 Å². The fraction of sp³-hybridized carbons (Fsp3) is 0.333. The Morgan fingerprint density at radius 2 is 1.59 bits per heavy atom. The average molecular weight is 444 g/mol. The summed E-state index contributed by atoms with van der Waals surface area (Å²) < 4.78 is 2.05. The predicted molar refractivity (Wildman–Crippen MR) is 133 cm³/mol. The fourth-order valence-electron chi connectivity index (χ4n) is 4.82. The smallest absolute Gasteiger partial charge is 0.262 e. The number of thiophene rings is 1. The van der Waals surface area contributed by atoms with Gasteiger partial charge in [0.2, 0.25) is 0 Å². The summed E-state index contributed by atoms with van der Waals surface area (Å²) in [6.07, 6.45) is 2.86. The first kappa shape index (κ1) is 21.1. The SMILES string of the molecule is CCc1cc2c(=O)n(C3CCN(C)CC3)c(C(c3ccccc3)c3ccccc3)nc2s1. The highest BCUT2D eigenvalue weighted by atomic mass is 32.1. The summed E-state index contributed by atoms with van der Waals surface area (Å²) in [5.74, 6) is 0.792. The minimum atomic E-state index is -0.0821. The Labute approximate surface area is 193 Å². The number of aromatic nitrogens is 2.